The first kappa shape index (κ1) is 12.5. The molecule has 1 rings (SSSR count). The third-order valence-electron chi connectivity index (χ3n) is 2.63. The van der Waals surface area contributed by atoms with Crippen molar-refractivity contribution in [3.63, 3.8) is 0 Å². The summed E-state index contributed by atoms with van der Waals surface area (Å²) in [5.74, 6) is 0. The SMILES string of the molecule is C=CC(C)(CCC=C(C)C)OCC1CO1. The average Bonchev–Trinajstić information content (AvgIpc) is 2.98. The quantitative estimate of drug-likeness (QED) is 0.476. The van der Waals surface area contributed by atoms with Gasteiger partial charge in [0.15, 0.2) is 0 Å². The molecule has 0 aromatic rings. The Kier molecular flexibility index (Phi) is 4.55. The van der Waals surface area contributed by atoms with Gasteiger partial charge in [0.1, 0.15) is 6.10 Å². The van der Waals surface area contributed by atoms with Crippen LogP contribution in [0.2, 0.25) is 0 Å². The lowest BCUT2D eigenvalue weighted by molar-refractivity contribution is -0.00729. The van der Waals surface area contributed by atoms with Gasteiger partial charge in [-0.15, -0.1) is 6.58 Å². The minimum absolute atomic E-state index is 0.210. The maximum absolute atomic E-state index is 5.81. The van der Waals surface area contributed by atoms with Crippen LogP contribution in [-0.4, -0.2) is 24.9 Å². The van der Waals surface area contributed by atoms with E-state index in [2.05, 4.69) is 33.4 Å². The van der Waals surface area contributed by atoms with Gasteiger partial charge in [-0.2, -0.15) is 0 Å². The Balaban J connectivity index is 2.29. The van der Waals surface area contributed by atoms with Gasteiger partial charge in [-0.25, -0.2) is 0 Å². The van der Waals surface area contributed by atoms with Crippen LogP contribution in [0.25, 0.3) is 0 Å². The Morgan fingerprint density at radius 1 is 1.60 bits per heavy atom. The molecular weight excluding hydrogens is 188 g/mol. The van der Waals surface area contributed by atoms with Crippen LogP contribution in [0.1, 0.15) is 33.6 Å². The first-order valence-corrected chi connectivity index (χ1v) is 5.58. The molecule has 2 atom stereocenters. The lowest BCUT2D eigenvalue weighted by Gasteiger charge is -2.25. The van der Waals surface area contributed by atoms with Gasteiger partial charge < -0.3 is 9.47 Å². The molecule has 15 heavy (non-hydrogen) atoms. The molecule has 0 saturated carbocycles. The monoisotopic (exact) mass is 210 g/mol. The number of epoxide rings is 1. The van der Waals surface area contributed by atoms with Crippen molar-refractivity contribution in [3.05, 3.63) is 24.3 Å². The van der Waals surface area contributed by atoms with Crippen LogP contribution < -0.4 is 0 Å². The van der Waals surface area contributed by atoms with Crippen molar-refractivity contribution in [3.8, 4) is 0 Å². The molecule has 0 bridgehead atoms. The molecule has 0 aliphatic carbocycles. The number of allylic oxidation sites excluding steroid dienone is 2. The molecule has 0 radical (unpaired) electrons. The zero-order valence-electron chi connectivity index (χ0n) is 10.1. The third kappa shape index (κ3) is 5.14. The molecule has 0 aromatic heterocycles. The molecule has 1 fully saturated rings. The van der Waals surface area contributed by atoms with Crippen LogP contribution in [0, 0.1) is 0 Å². The van der Waals surface area contributed by atoms with Crippen LogP contribution in [-0.2, 0) is 9.47 Å². The molecule has 86 valence electrons. The smallest absolute Gasteiger partial charge is 0.104 e. The Morgan fingerprint density at radius 2 is 2.27 bits per heavy atom. The van der Waals surface area contributed by atoms with Crippen LogP contribution in [0.4, 0.5) is 0 Å². The van der Waals surface area contributed by atoms with E-state index in [4.69, 9.17) is 9.47 Å². The molecule has 2 unspecified atom stereocenters. The number of hydrogen-bond acceptors (Lipinski definition) is 2. The molecular formula is C13H22O2. The summed E-state index contributed by atoms with van der Waals surface area (Å²) >= 11 is 0. The first-order valence-electron chi connectivity index (χ1n) is 5.58. The van der Waals surface area contributed by atoms with Gasteiger partial charge in [0.2, 0.25) is 0 Å². The Labute approximate surface area is 93.0 Å². The fourth-order valence-corrected chi connectivity index (χ4v) is 1.33. The maximum atomic E-state index is 5.81. The van der Waals surface area contributed by atoms with Crippen molar-refractivity contribution in [1.29, 1.82) is 0 Å². The normalized spacial score (nSPS) is 23.0. The zero-order valence-corrected chi connectivity index (χ0v) is 10.1. The molecule has 0 amide bonds. The summed E-state index contributed by atoms with van der Waals surface area (Å²) in [5, 5.41) is 0. The summed E-state index contributed by atoms with van der Waals surface area (Å²) in [5.41, 5.74) is 1.14. The van der Waals surface area contributed by atoms with Crippen molar-refractivity contribution in [2.45, 2.75) is 45.3 Å². The zero-order chi connectivity index (χ0) is 11.3. The summed E-state index contributed by atoms with van der Waals surface area (Å²) in [7, 11) is 0. The highest BCUT2D eigenvalue weighted by Crippen LogP contribution is 2.22. The van der Waals surface area contributed by atoms with E-state index in [0.717, 1.165) is 19.4 Å². The highest BCUT2D eigenvalue weighted by molar-refractivity contribution is 4.99. The highest BCUT2D eigenvalue weighted by atomic mass is 16.6. The number of hydrogen-bond donors (Lipinski definition) is 0. The summed E-state index contributed by atoms with van der Waals surface area (Å²) < 4.78 is 10.9. The van der Waals surface area contributed by atoms with E-state index in [-0.39, 0.29) is 5.60 Å². The topological polar surface area (TPSA) is 21.8 Å². The fourth-order valence-electron chi connectivity index (χ4n) is 1.33. The highest BCUT2D eigenvalue weighted by Gasteiger charge is 2.27. The molecule has 1 aliphatic rings. The predicted molar refractivity (Wildman–Crippen MR) is 63.0 cm³/mol. The van der Waals surface area contributed by atoms with E-state index in [0.29, 0.717) is 12.7 Å². The molecule has 1 saturated heterocycles. The summed E-state index contributed by atoms with van der Waals surface area (Å²) in [4.78, 5) is 0. The molecule has 2 nitrogen and oxygen atoms in total. The van der Waals surface area contributed by atoms with Gasteiger partial charge in [-0.3, -0.25) is 0 Å². The van der Waals surface area contributed by atoms with Crippen molar-refractivity contribution >= 4 is 0 Å². The molecule has 0 spiro atoms. The van der Waals surface area contributed by atoms with E-state index in [1.807, 2.05) is 6.08 Å². The Bertz CT molecular complexity index is 237. The van der Waals surface area contributed by atoms with Gasteiger partial charge in [0.25, 0.3) is 0 Å². The number of ether oxygens (including phenoxy) is 2. The van der Waals surface area contributed by atoms with Gasteiger partial charge in [0, 0.05) is 0 Å². The third-order valence-corrected chi connectivity index (χ3v) is 2.63. The summed E-state index contributed by atoms with van der Waals surface area (Å²) in [6, 6.07) is 0. The van der Waals surface area contributed by atoms with E-state index >= 15 is 0 Å². The van der Waals surface area contributed by atoms with Crippen molar-refractivity contribution in [1.82, 2.24) is 0 Å². The summed E-state index contributed by atoms with van der Waals surface area (Å²) in [6.07, 6.45) is 6.48. The van der Waals surface area contributed by atoms with Crippen molar-refractivity contribution in [2.24, 2.45) is 0 Å². The largest absolute Gasteiger partial charge is 0.371 e. The van der Waals surface area contributed by atoms with E-state index in [1.54, 1.807) is 0 Å². The van der Waals surface area contributed by atoms with Crippen molar-refractivity contribution < 1.29 is 9.47 Å². The molecule has 1 aliphatic heterocycles. The standard InChI is InChI=1S/C13H22O2/c1-5-13(4,8-6-7-11(2)3)15-10-12-9-14-12/h5,7,12H,1,6,8-10H2,2-4H3. The molecule has 2 heteroatoms. The Morgan fingerprint density at radius 3 is 2.73 bits per heavy atom. The second kappa shape index (κ2) is 5.47. The van der Waals surface area contributed by atoms with Crippen molar-refractivity contribution in [2.75, 3.05) is 13.2 Å². The first-order chi connectivity index (χ1) is 7.06. The lowest BCUT2D eigenvalue weighted by Crippen LogP contribution is -2.27. The fraction of sp³-hybridized carbons (Fsp3) is 0.692. The van der Waals surface area contributed by atoms with E-state index in [1.165, 1.54) is 5.57 Å². The summed E-state index contributed by atoms with van der Waals surface area (Å²) in [6.45, 7) is 11.7. The predicted octanol–water partition coefficient (Wildman–Crippen LogP) is 3.09. The molecule has 0 aromatic carbocycles. The van der Waals surface area contributed by atoms with Gasteiger partial charge in [0.05, 0.1) is 18.8 Å². The van der Waals surface area contributed by atoms with Crippen LogP contribution in [0.3, 0.4) is 0 Å². The Hall–Kier alpha value is -0.600. The molecule has 0 N–H and O–H groups in total. The van der Waals surface area contributed by atoms with Gasteiger partial charge in [-0.05, 0) is 33.6 Å². The van der Waals surface area contributed by atoms with E-state index < -0.39 is 0 Å². The molecule has 1 heterocycles. The average molecular weight is 210 g/mol. The second-order valence-electron chi connectivity index (χ2n) is 4.60. The van der Waals surface area contributed by atoms with Crippen LogP contribution in [0.5, 0.6) is 0 Å². The lowest BCUT2D eigenvalue weighted by atomic mass is 9.99. The second-order valence-corrected chi connectivity index (χ2v) is 4.60. The van der Waals surface area contributed by atoms with Gasteiger partial charge in [-0.1, -0.05) is 17.7 Å². The van der Waals surface area contributed by atoms with E-state index in [9.17, 15) is 0 Å². The minimum atomic E-state index is -0.210. The minimum Gasteiger partial charge on any atom is -0.371 e. The van der Waals surface area contributed by atoms with Crippen LogP contribution in [0.15, 0.2) is 24.3 Å². The maximum Gasteiger partial charge on any atom is 0.104 e. The number of rotatable bonds is 7. The van der Waals surface area contributed by atoms with Gasteiger partial charge >= 0.3 is 0 Å². The van der Waals surface area contributed by atoms with Crippen LogP contribution >= 0.6 is 0 Å².